The van der Waals surface area contributed by atoms with E-state index < -0.39 is 12.2 Å². The molecule has 0 aliphatic rings. The van der Waals surface area contributed by atoms with Crippen molar-refractivity contribution in [1.29, 1.82) is 0 Å². The van der Waals surface area contributed by atoms with E-state index in [1.54, 1.807) is 0 Å². The van der Waals surface area contributed by atoms with Gasteiger partial charge in [-0.1, -0.05) is 6.07 Å². The van der Waals surface area contributed by atoms with Gasteiger partial charge in [0.1, 0.15) is 11.9 Å². The van der Waals surface area contributed by atoms with E-state index >= 15 is 0 Å². The highest BCUT2D eigenvalue weighted by atomic mass is 35.5. The van der Waals surface area contributed by atoms with Crippen LogP contribution in [-0.4, -0.2) is 33.6 Å². The molecule has 2 atom stereocenters. The molecule has 0 aliphatic heterocycles. The van der Waals surface area contributed by atoms with Crippen LogP contribution in [0.1, 0.15) is 28.4 Å². The van der Waals surface area contributed by atoms with Crippen LogP contribution in [0, 0.1) is 0 Å². The molecule has 1 aromatic carbocycles. The summed E-state index contributed by atoms with van der Waals surface area (Å²) in [5.41, 5.74) is 0.489. The van der Waals surface area contributed by atoms with E-state index in [1.807, 2.05) is 0 Å². The smallest absolute Gasteiger partial charge is 0.153 e. The Morgan fingerprint density at radius 1 is 1.38 bits per heavy atom. The number of benzene rings is 1. The second-order valence-electron chi connectivity index (χ2n) is 3.43. The lowest BCUT2D eigenvalue weighted by Gasteiger charge is -2.17. The zero-order valence-electron chi connectivity index (χ0n) is 8.51. The van der Waals surface area contributed by atoms with Gasteiger partial charge in [0.25, 0.3) is 0 Å². The number of rotatable bonds is 5. The molecule has 0 aliphatic carbocycles. The Balaban J connectivity index is 2.88. The number of hydrogen-bond donors (Lipinski definition) is 3. The zero-order valence-corrected chi connectivity index (χ0v) is 9.26. The molecule has 5 heteroatoms. The van der Waals surface area contributed by atoms with E-state index in [0.717, 1.165) is 0 Å². The predicted molar refractivity (Wildman–Crippen MR) is 59.8 cm³/mol. The Bertz CT molecular complexity index is 367. The summed E-state index contributed by atoms with van der Waals surface area (Å²) in [6.07, 6.45) is -1.34. The standard InChI is InChI=1S/C11H13ClO4/c12-4-3-9(14)11(16)7-1-2-8(6-13)10(15)5-7/h1-2,5-6,9,11,14-16H,3-4H2. The maximum Gasteiger partial charge on any atom is 0.153 e. The van der Waals surface area contributed by atoms with Gasteiger partial charge in [-0.25, -0.2) is 0 Å². The van der Waals surface area contributed by atoms with E-state index in [1.165, 1.54) is 18.2 Å². The molecule has 1 aromatic rings. The van der Waals surface area contributed by atoms with Crippen LogP contribution in [0.25, 0.3) is 0 Å². The number of carbonyl (C=O) groups is 1. The minimum absolute atomic E-state index is 0.141. The molecule has 0 spiro atoms. The van der Waals surface area contributed by atoms with Crippen molar-refractivity contribution in [2.45, 2.75) is 18.6 Å². The molecule has 0 bridgehead atoms. The zero-order chi connectivity index (χ0) is 12.1. The fourth-order valence-electron chi connectivity index (χ4n) is 1.34. The normalized spacial score (nSPS) is 14.4. The minimum Gasteiger partial charge on any atom is -0.507 e. The summed E-state index contributed by atoms with van der Waals surface area (Å²) >= 11 is 5.44. The Hall–Kier alpha value is -1.10. The molecule has 2 unspecified atom stereocenters. The van der Waals surface area contributed by atoms with Crippen LogP contribution in [0.3, 0.4) is 0 Å². The van der Waals surface area contributed by atoms with E-state index in [-0.39, 0.29) is 23.6 Å². The largest absolute Gasteiger partial charge is 0.507 e. The first-order valence-corrected chi connectivity index (χ1v) is 5.33. The minimum atomic E-state index is -1.12. The number of phenols is 1. The summed E-state index contributed by atoms with van der Waals surface area (Å²) in [7, 11) is 0. The third-order valence-electron chi connectivity index (χ3n) is 2.29. The second kappa shape index (κ2) is 5.84. The molecule has 16 heavy (non-hydrogen) atoms. The number of carbonyl (C=O) groups excluding carboxylic acids is 1. The number of alkyl halides is 1. The SMILES string of the molecule is O=Cc1ccc(C(O)C(O)CCCl)cc1O. The van der Waals surface area contributed by atoms with Crippen LogP contribution in [0.15, 0.2) is 18.2 Å². The highest BCUT2D eigenvalue weighted by Crippen LogP contribution is 2.24. The third kappa shape index (κ3) is 2.95. The maximum absolute atomic E-state index is 10.5. The quantitative estimate of drug-likeness (QED) is 0.538. The summed E-state index contributed by atoms with van der Waals surface area (Å²) in [6, 6.07) is 4.12. The Labute approximate surface area is 98.1 Å². The van der Waals surface area contributed by atoms with Crippen molar-refractivity contribution in [3.63, 3.8) is 0 Å². The number of halogens is 1. The van der Waals surface area contributed by atoms with Crippen molar-refractivity contribution in [3.8, 4) is 5.75 Å². The van der Waals surface area contributed by atoms with Gasteiger partial charge in [0.05, 0.1) is 11.7 Å². The van der Waals surface area contributed by atoms with Gasteiger partial charge in [0.15, 0.2) is 6.29 Å². The number of hydrogen-bond acceptors (Lipinski definition) is 4. The van der Waals surface area contributed by atoms with Crippen LogP contribution < -0.4 is 0 Å². The average molecular weight is 245 g/mol. The lowest BCUT2D eigenvalue weighted by molar-refractivity contribution is 0.0169. The van der Waals surface area contributed by atoms with Crippen molar-refractivity contribution in [3.05, 3.63) is 29.3 Å². The van der Waals surface area contributed by atoms with E-state index in [9.17, 15) is 20.1 Å². The van der Waals surface area contributed by atoms with E-state index in [4.69, 9.17) is 11.6 Å². The molecule has 0 saturated carbocycles. The van der Waals surface area contributed by atoms with Crippen LogP contribution in [0.5, 0.6) is 5.75 Å². The van der Waals surface area contributed by atoms with Crippen molar-refractivity contribution < 1.29 is 20.1 Å². The summed E-state index contributed by atoms with van der Waals surface area (Å²) in [5, 5.41) is 28.6. The second-order valence-corrected chi connectivity index (χ2v) is 3.80. The first-order chi connectivity index (χ1) is 7.60. The van der Waals surface area contributed by atoms with E-state index in [0.29, 0.717) is 11.8 Å². The summed E-state index contributed by atoms with van der Waals surface area (Å²) < 4.78 is 0. The lowest BCUT2D eigenvalue weighted by Crippen LogP contribution is -2.18. The van der Waals surface area contributed by atoms with Gasteiger partial charge in [-0.3, -0.25) is 4.79 Å². The molecule has 88 valence electrons. The first kappa shape index (κ1) is 13.0. The first-order valence-electron chi connectivity index (χ1n) is 4.80. The molecule has 1 rings (SSSR count). The monoisotopic (exact) mass is 244 g/mol. The fraction of sp³-hybridized carbons (Fsp3) is 0.364. The van der Waals surface area contributed by atoms with Crippen molar-refractivity contribution in [2.24, 2.45) is 0 Å². The molecule has 3 N–H and O–H groups in total. The number of aldehydes is 1. The van der Waals surface area contributed by atoms with Gasteiger partial charge in [-0.15, -0.1) is 11.6 Å². The average Bonchev–Trinajstić information content (AvgIpc) is 2.28. The Morgan fingerprint density at radius 2 is 2.06 bits per heavy atom. The Kier molecular flexibility index (Phi) is 4.73. The molecule has 4 nitrogen and oxygen atoms in total. The molecule has 0 amide bonds. The van der Waals surface area contributed by atoms with Crippen LogP contribution >= 0.6 is 11.6 Å². The van der Waals surface area contributed by atoms with Crippen molar-refractivity contribution >= 4 is 17.9 Å². The number of phenolic OH excluding ortho intramolecular Hbond substituents is 1. The Morgan fingerprint density at radius 3 is 2.56 bits per heavy atom. The number of aliphatic hydroxyl groups is 2. The van der Waals surface area contributed by atoms with Crippen molar-refractivity contribution in [1.82, 2.24) is 0 Å². The van der Waals surface area contributed by atoms with Gasteiger partial charge in [-0.2, -0.15) is 0 Å². The number of aromatic hydroxyl groups is 1. The summed E-state index contributed by atoms with van der Waals surface area (Å²) in [4.78, 5) is 10.5. The van der Waals surface area contributed by atoms with E-state index in [2.05, 4.69) is 0 Å². The highest BCUT2D eigenvalue weighted by molar-refractivity contribution is 6.17. The third-order valence-corrected chi connectivity index (χ3v) is 2.51. The van der Waals surface area contributed by atoms with Crippen molar-refractivity contribution in [2.75, 3.05) is 5.88 Å². The van der Waals surface area contributed by atoms with Crippen LogP contribution in [-0.2, 0) is 0 Å². The van der Waals surface area contributed by atoms with Gasteiger partial charge in [0.2, 0.25) is 0 Å². The van der Waals surface area contributed by atoms with Gasteiger partial charge < -0.3 is 15.3 Å². The molecule has 0 radical (unpaired) electrons. The summed E-state index contributed by atoms with van der Waals surface area (Å²) in [6.45, 7) is 0. The molecule has 0 saturated heterocycles. The molecule has 0 heterocycles. The molecular formula is C11H13ClO4. The van der Waals surface area contributed by atoms with Crippen LogP contribution in [0.4, 0.5) is 0 Å². The molecule has 0 aromatic heterocycles. The molecule has 0 fully saturated rings. The topological polar surface area (TPSA) is 77.8 Å². The maximum atomic E-state index is 10.5. The summed E-state index contributed by atoms with van der Waals surface area (Å²) in [5.74, 6) is 0.0148. The molecular weight excluding hydrogens is 232 g/mol. The fourth-order valence-corrected chi connectivity index (χ4v) is 1.56. The van der Waals surface area contributed by atoms with Gasteiger partial charge in [0, 0.05) is 5.88 Å². The number of aliphatic hydroxyl groups excluding tert-OH is 2. The lowest BCUT2D eigenvalue weighted by atomic mass is 10.0. The van der Waals surface area contributed by atoms with Crippen LogP contribution in [0.2, 0.25) is 0 Å². The van der Waals surface area contributed by atoms with Gasteiger partial charge >= 0.3 is 0 Å². The van der Waals surface area contributed by atoms with Gasteiger partial charge in [-0.05, 0) is 24.1 Å². The highest BCUT2D eigenvalue weighted by Gasteiger charge is 2.18. The predicted octanol–water partition coefficient (Wildman–Crippen LogP) is 1.23.